The van der Waals surface area contributed by atoms with Gasteiger partial charge in [0, 0.05) is 11.8 Å². The minimum atomic E-state index is -0.457. The van der Waals surface area contributed by atoms with Crippen LogP contribution in [0.1, 0.15) is 19.4 Å². The monoisotopic (exact) mass is 210 g/mol. The second-order valence-electron chi connectivity index (χ2n) is 3.00. The van der Waals surface area contributed by atoms with Crippen molar-refractivity contribution >= 4 is 0 Å². The highest BCUT2D eigenvalue weighted by atomic mass is 16.5. The van der Waals surface area contributed by atoms with Crippen LogP contribution in [0.15, 0.2) is 28.1 Å². The van der Waals surface area contributed by atoms with E-state index in [-0.39, 0.29) is 12.3 Å². The highest BCUT2D eigenvalue weighted by Gasteiger charge is 2.01. The van der Waals surface area contributed by atoms with Gasteiger partial charge in [0.2, 0.25) is 0 Å². The maximum atomic E-state index is 11.3. The topological polar surface area (TPSA) is 64.1 Å². The summed E-state index contributed by atoms with van der Waals surface area (Å²) in [5, 5.41) is 0. The lowest BCUT2D eigenvalue weighted by atomic mass is 10.3. The molecular formula is C10H14N2O3. The summed E-state index contributed by atoms with van der Waals surface area (Å²) < 4.78 is 6.37. The Morgan fingerprint density at radius 1 is 1.53 bits per heavy atom. The van der Waals surface area contributed by atoms with E-state index in [4.69, 9.17) is 4.74 Å². The van der Waals surface area contributed by atoms with Crippen LogP contribution < -0.4 is 11.2 Å². The van der Waals surface area contributed by atoms with Crippen LogP contribution in [0, 0.1) is 0 Å². The van der Waals surface area contributed by atoms with Crippen LogP contribution >= 0.6 is 0 Å². The van der Waals surface area contributed by atoms with Crippen molar-refractivity contribution in [1.29, 1.82) is 0 Å². The van der Waals surface area contributed by atoms with Gasteiger partial charge in [-0.05, 0) is 13.3 Å². The SMILES string of the molecule is CC=COCn1cc(CC)c(=O)[nH]c1=O. The van der Waals surface area contributed by atoms with Crippen LogP contribution in [-0.2, 0) is 17.9 Å². The smallest absolute Gasteiger partial charge is 0.331 e. The van der Waals surface area contributed by atoms with E-state index >= 15 is 0 Å². The summed E-state index contributed by atoms with van der Waals surface area (Å²) in [7, 11) is 0. The Kier molecular flexibility index (Phi) is 3.91. The largest absolute Gasteiger partial charge is 0.481 e. The van der Waals surface area contributed by atoms with Gasteiger partial charge in [-0.25, -0.2) is 4.79 Å². The Morgan fingerprint density at radius 3 is 2.87 bits per heavy atom. The quantitative estimate of drug-likeness (QED) is 0.740. The fourth-order valence-electron chi connectivity index (χ4n) is 1.12. The number of aryl methyl sites for hydroxylation is 1. The number of aromatic nitrogens is 2. The van der Waals surface area contributed by atoms with Gasteiger partial charge >= 0.3 is 5.69 Å². The van der Waals surface area contributed by atoms with Crippen molar-refractivity contribution in [2.24, 2.45) is 0 Å². The number of hydrogen-bond acceptors (Lipinski definition) is 3. The van der Waals surface area contributed by atoms with E-state index in [2.05, 4.69) is 4.98 Å². The van der Waals surface area contributed by atoms with Gasteiger partial charge in [-0.1, -0.05) is 13.0 Å². The normalized spacial score (nSPS) is 10.8. The van der Waals surface area contributed by atoms with Crippen LogP contribution in [0.25, 0.3) is 0 Å². The van der Waals surface area contributed by atoms with Gasteiger partial charge in [0.1, 0.15) is 0 Å². The second kappa shape index (κ2) is 5.19. The molecule has 0 atom stereocenters. The molecule has 0 bridgehead atoms. The molecule has 5 heteroatoms. The van der Waals surface area contributed by atoms with Gasteiger partial charge in [0.05, 0.1) is 6.26 Å². The molecule has 0 unspecified atom stereocenters. The van der Waals surface area contributed by atoms with Crippen molar-refractivity contribution < 1.29 is 4.74 Å². The standard InChI is InChI=1S/C10H14N2O3/c1-3-5-15-7-12-6-8(4-2)9(13)11-10(12)14/h3,5-6H,4,7H2,1-2H3,(H,11,13,14). The third-order valence-electron chi connectivity index (χ3n) is 1.91. The van der Waals surface area contributed by atoms with E-state index in [0.29, 0.717) is 12.0 Å². The number of hydrogen-bond donors (Lipinski definition) is 1. The maximum absolute atomic E-state index is 11.3. The van der Waals surface area contributed by atoms with Crippen LogP contribution in [0.4, 0.5) is 0 Å². The molecule has 0 aliphatic rings. The van der Waals surface area contributed by atoms with E-state index in [9.17, 15) is 9.59 Å². The summed E-state index contributed by atoms with van der Waals surface area (Å²) >= 11 is 0. The first-order chi connectivity index (χ1) is 7.19. The number of nitrogens with one attached hydrogen (secondary N) is 1. The predicted octanol–water partition coefficient (Wildman–Crippen LogP) is 0.607. The molecule has 0 amide bonds. The third-order valence-corrected chi connectivity index (χ3v) is 1.91. The molecule has 1 aromatic heterocycles. The van der Waals surface area contributed by atoms with E-state index in [0.717, 1.165) is 0 Å². The maximum Gasteiger partial charge on any atom is 0.331 e. The molecule has 0 saturated carbocycles. The molecular weight excluding hydrogens is 196 g/mol. The summed E-state index contributed by atoms with van der Waals surface area (Å²) in [5.41, 5.74) is -0.217. The van der Waals surface area contributed by atoms with Crippen molar-refractivity contribution in [3.05, 3.63) is 44.9 Å². The minimum absolute atomic E-state index is 0.104. The van der Waals surface area contributed by atoms with Crippen molar-refractivity contribution in [2.45, 2.75) is 27.0 Å². The minimum Gasteiger partial charge on any atom is -0.481 e. The average molecular weight is 210 g/mol. The van der Waals surface area contributed by atoms with Gasteiger partial charge in [0.25, 0.3) is 5.56 Å². The molecule has 0 aliphatic heterocycles. The number of allylic oxidation sites excluding steroid dienone is 1. The summed E-state index contributed by atoms with van der Waals surface area (Å²) in [6.07, 6.45) is 5.31. The lowest BCUT2D eigenvalue weighted by molar-refractivity contribution is 0.169. The third kappa shape index (κ3) is 2.83. The highest BCUT2D eigenvalue weighted by molar-refractivity contribution is 5.03. The van der Waals surface area contributed by atoms with Crippen molar-refractivity contribution in [3.8, 4) is 0 Å². The van der Waals surface area contributed by atoms with E-state index in [1.165, 1.54) is 17.0 Å². The van der Waals surface area contributed by atoms with Crippen molar-refractivity contribution in [2.75, 3.05) is 0 Å². The number of rotatable bonds is 4. The zero-order chi connectivity index (χ0) is 11.3. The number of nitrogens with zero attached hydrogens (tertiary/aromatic N) is 1. The summed E-state index contributed by atoms with van der Waals surface area (Å²) in [6, 6.07) is 0. The van der Waals surface area contributed by atoms with Crippen LogP contribution in [0.3, 0.4) is 0 Å². The molecule has 1 aromatic rings. The van der Waals surface area contributed by atoms with Gasteiger partial charge in [-0.15, -0.1) is 0 Å². The first kappa shape index (κ1) is 11.3. The molecule has 15 heavy (non-hydrogen) atoms. The Balaban J connectivity index is 2.97. The Labute approximate surface area is 87.0 Å². The molecule has 82 valence electrons. The zero-order valence-electron chi connectivity index (χ0n) is 8.82. The molecule has 0 fully saturated rings. The Bertz CT molecular complexity index is 456. The molecule has 0 spiro atoms. The number of aromatic amines is 1. The predicted molar refractivity (Wildman–Crippen MR) is 56.6 cm³/mol. The number of ether oxygens (including phenoxy) is 1. The molecule has 5 nitrogen and oxygen atoms in total. The fraction of sp³-hybridized carbons (Fsp3) is 0.400. The van der Waals surface area contributed by atoms with Crippen LogP contribution in [0.5, 0.6) is 0 Å². The lowest BCUT2D eigenvalue weighted by Gasteiger charge is -2.05. The van der Waals surface area contributed by atoms with Crippen molar-refractivity contribution in [1.82, 2.24) is 9.55 Å². The van der Waals surface area contributed by atoms with Crippen LogP contribution in [0.2, 0.25) is 0 Å². The summed E-state index contributed by atoms with van der Waals surface area (Å²) in [5.74, 6) is 0. The van der Waals surface area contributed by atoms with Gasteiger partial charge in [0.15, 0.2) is 6.73 Å². The summed E-state index contributed by atoms with van der Waals surface area (Å²) in [6.45, 7) is 3.77. The molecule has 1 rings (SSSR count). The van der Waals surface area contributed by atoms with Crippen LogP contribution in [-0.4, -0.2) is 9.55 Å². The fourth-order valence-corrected chi connectivity index (χ4v) is 1.12. The highest BCUT2D eigenvalue weighted by Crippen LogP contribution is 1.90. The molecule has 0 saturated heterocycles. The molecule has 0 aromatic carbocycles. The lowest BCUT2D eigenvalue weighted by Crippen LogP contribution is -2.31. The van der Waals surface area contributed by atoms with Gasteiger partial charge in [-0.3, -0.25) is 14.3 Å². The first-order valence-electron chi connectivity index (χ1n) is 4.74. The molecule has 1 N–H and O–H groups in total. The first-order valence-corrected chi connectivity index (χ1v) is 4.74. The van der Waals surface area contributed by atoms with E-state index in [1.807, 2.05) is 13.8 Å². The molecule has 1 heterocycles. The second-order valence-corrected chi connectivity index (χ2v) is 3.00. The average Bonchev–Trinajstić information content (AvgIpc) is 2.21. The number of H-pyrrole nitrogens is 1. The van der Waals surface area contributed by atoms with E-state index in [1.54, 1.807) is 6.08 Å². The van der Waals surface area contributed by atoms with Gasteiger partial charge < -0.3 is 4.74 Å². The zero-order valence-corrected chi connectivity index (χ0v) is 8.82. The Morgan fingerprint density at radius 2 is 2.27 bits per heavy atom. The van der Waals surface area contributed by atoms with Gasteiger partial charge in [-0.2, -0.15) is 0 Å². The molecule has 0 radical (unpaired) electrons. The van der Waals surface area contributed by atoms with Crippen molar-refractivity contribution in [3.63, 3.8) is 0 Å². The molecule has 0 aliphatic carbocycles. The summed E-state index contributed by atoms with van der Waals surface area (Å²) in [4.78, 5) is 24.8. The Hall–Kier alpha value is -1.78. The van der Waals surface area contributed by atoms with E-state index < -0.39 is 5.69 Å².